The molecule has 7 rings (SSSR count). The van der Waals surface area contributed by atoms with Crippen molar-refractivity contribution in [3.05, 3.63) is 47.5 Å². The molecule has 1 heterocycles. The van der Waals surface area contributed by atoms with Crippen molar-refractivity contribution in [3.63, 3.8) is 0 Å². The molecule has 4 saturated carbocycles. The van der Waals surface area contributed by atoms with Crippen molar-refractivity contribution in [2.24, 2.45) is 50.2 Å². The van der Waals surface area contributed by atoms with Crippen LogP contribution in [0.5, 0.6) is 0 Å². The molecule has 3 unspecified atom stereocenters. The monoisotopic (exact) mass is 576 g/mol. The van der Waals surface area contributed by atoms with Crippen LogP contribution in [0.2, 0.25) is 0 Å². The SMILES string of the molecule is CO[C@@H]1[C@H](O)C(C)(C)C[C@@H]2C3=CC[C@@H]4[C@@]5(C)CCC6OC(c7ccccc7)OC[C@@]6(C)C5CC[C@@]4(C)[C@]3(C)CC[C@]21C. The van der Waals surface area contributed by atoms with Gasteiger partial charge in [-0.05, 0) is 90.8 Å². The molecule has 0 bridgehead atoms. The first-order valence-electron chi connectivity index (χ1n) is 17.0. The number of aliphatic hydroxyl groups excluding tert-OH is 1. The van der Waals surface area contributed by atoms with Gasteiger partial charge < -0.3 is 19.3 Å². The fourth-order valence-corrected chi connectivity index (χ4v) is 12.5. The van der Waals surface area contributed by atoms with Gasteiger partial charge in [0, 0.05) is 23.5 Å². The lowest BCUT2D eigenvalue weighted by molar-refractivity contribution is -0.318. The van der Waals surface area contributed by atoms with Crippen LogP contribution in [0.1, 0.15) is 112 Å². The zero-order chi connectivity index (χ0) is 29.9. The molecular formula is C38H56O4. The minimum atomic E-state index is -0.424. The third-order valence-electron chi connectivity index (χ3n) is 15.2. The van der Waals surface area contributed by atoms with E-state index in [-0.39, 0.29) is 51.0 Å². The van der Waals surface area contributed by atoms with E-state index in [9.17, 15) is 5.11 Å². The molecule has 4 nitrogen and oxygen atoms in total. The minimum absolute atomic E-state index is 0.0169. The molecule has 0 spiro atoms. The quantitative estimate of drug-likeness (QED) is 0.359. The molecule has 0 amide bonds. The first kappa shape index (κ1) is 29.5. The Bertz CT molecular complexity index is 1240. The van der Waals surface area contributed by atoms with Gasteiger partial charge in [-0.25, -0.2) is 0 Å². The van der Waals surface area contributed by atoms with Gasteiger partial charge in [0.1, 0.15) is 0 Å². The Morgan fingerprint density at radius 2 is 1.57 bits per heavy atom. The molecule has 0 radical (unpaired) electrons. The van der Waals surface area contributed by atoms with Gasteiger partial charge >= 0.3 is 0 Å². The van der Waals surface area contributed by atoms with Crippen LogP contribution >= 0.6 is 0 Å². The zero-order valence-electron chi connectivity index (χ0n) is 27.5. The normalized spacial score (nSPS) is 53.0. The van der Waals surface area contributed by atoms with E-state index in [1.807, 2.05) is 7.11 Å². The van der Waals surface area contributed by atoms with Gasteiger partial charge in [0.15, 0.2) is 6.29 Å². The molecule has 42 heavy (non-hydrogen) atoms. The molecule has 1 aliphatic heterocycles. The summed E-state index contributed by atoms with van der Waals surface area (Å²) in [5, 5.41) is 11.4. The van der Waals surface area contributed by atoms with E-state index in [2.05, 4.69) is 84.9 Å². The molecule has 1 aromatic carbocycles. The number of ether oxygens (including phenoxy) is 3. The molecule has 232 valence electrons. The van der Waals surface area contributed by atoms with E-state index in [4.69, 9.17) is 14.2 Å². The fourth-order valence-electron chi connectivity index (χ4n) is 12.5. The maximum atomic E-state index is 11.4. The van der Waals surface area contributed by atoms with Crippen molar-refractivity contribution in [1.29, 1.82) is 0 Å². The van der Waals surface area contributed by atoms with Crippen LogP contribution in [0.15, 0.2) is 42.0 Å². The second-order valence-corrected chi connectivity index (χ2v) is 17.4. The third-order valence-corrected chi connectivity index (χ3v) is 15.2. The highest BCUT2D eigenvalue weighted by atomic mass is 16.7. The minimum Gasteiger partial charge on any atom is -0.390 e. The standard InChI is InChI=1S/C38H56O4/c1-33(2)22-26-25-14-15-28-35(4)18-17-29-36(5,23-41-32(42-29)24-12-10-9-11-13-24)27(35)16-19-38(28,7)37(25,6)21-20-34(26,3)31(40-8)30(33)39/h9-14,26-32,39H,15-23H2,1-8H3/t26-,27?,28-,29?,30+,31-,32?,34-,35+,36+,37-,38-/m1/s1. The van der Waals surface area contributed by atoms with Crippen LogP contribution < -0.4 is 0 Å². The van der Waals surface area contributed by atoms with Gasteiger partial charge in [-0.3, -0.25) is 0 Å². The van der Waals surface area contributed by atoms with Crippen molar-refractivity contribution in [1.82, 2.24) is 0 Å². The summed E-state index contributed by atoms with van der Waals surface area (Å²) in [6.45, 7) is 18.2. The largest absolute Gasteiger partial charge is 0.390 e. The number of rotatable bonds is 2. The number of allylic oxidation sites excluding steroid dienone is 2. The van der Waals surface area contributed by atoms with E-state index >= 15 is 0 Å². The number of hydrogen-bond donors (Lipinski definition) is 1. The van der Waals surface area contributed by atoms with Gasteiger partial charge in [-0.2, -0.15) is 0 Å². The number of benzene rings is 1. The topological polar surface area (TPSA) is 47.9 Å². The summed E-state index contributed by atoms with van der Waals surface area (Å²) in [7, 11) is 1.82. The molecule has 1 aromatic rings. The smallest absolute Gasteiger partial charge is 0.184 e. The zero-order valence-corrected chi connectivity index (χ0v) is 27.5. The summed E-state index contributed by atoms with van der Waals surface area (Å²) in [4.78, 5) is 0. The van der Waals surface area contributed by atoms with Crippen LogP contribution in [-0.4, -0.2) is 37.1 Å². The molecule has 1 N–H and O–H groups in total. The second-order valence-electron chi connectivity index (χ2n) is 17.4. The van der Waals surface area contributed by atoms with Gasteiger partial charge in [0.05, 0.1) is 24.9 Å². The lowest BCUT2D eigenvalue weighted by atomic mass is 9.33. The Morgan fingerprint density at radius 1 is 0.833 bits per heavy atom. The first-order valence-corrected chi connectivity index (χ1v) is 17.0. The summed E-state index contributed by atoms with van der Waals surface area (Å²) in [6.07, 6.45) is 11.6. The predicted molar refractivity (Wildman–Crippen MR) is 167 cm³/mol. The van der Waals surface area contributed by atoms with Crippen molar-refractivity contribution in [2.45, 2.75) is 124 Å². The number of fused-ring (bicyclic) bond motifs is 9. The molecule has 0 aromatic heterocycles. The maximum Gasteiger partial charge on any atom is 0.184 e. The molecule has 1 saturated heterocycles. The Balaban J connectivity index is 1.21. The van der Waals surface area contributed by atoms with E-state index < -0.39 is 6.10 Å². The third kappa shape index (κ3) is 3.68. The Hall–Kier alpha value is -1.20. The Morgan fingerprint density at radius 3 is 2.29 bits per heavy atom. The molecule has 12 atom stereocenters. The number of aliphatic hydroxyl groups is 1. The Labute approximate surface area is 255 Å². The van der Waals surface area contributed by atoms with Crippen LogP contribution in [0, 0.1) is 50.2 Å². The first-order chi connectivity index (χ1) is 19.7. The molecule has 5 fully saturated rings. The molecule has 5 aliphatic carbocycles. The van der Waals surface area contributed by atoms with E-state index in [1.54, 1.807) is 5.57 Å². The number of methoxy groups -OCH3 is 1. The van der Waals surface area contributed by atoms with Gasteiger partial charge in [0.2, 0.25) is 0 Å². The predicted octanol–water partition coefficient (Wildman–Crippen LogP) is 8.50. The lowest BCUT2D eigenvalue weighted by Gasteiger charge is -2.72. The van der Waals surface area contributed by atoms with E-state index in [0.29, 0.717) is 17.8 Å². The molecule has 4 heteroatoms. The van der Waals surface area contributed by atoms with Crippen LogP contribution in [0.4, 0.5) is 0 Å². The van der Waals surface area contributed by atoms with Crippen LogP contribution in [0.3, 0.4) is 0 Å². The van der Waals surface area contributed by atoms with Crippen LogP contribution in [-0.2, 0) is 14.2 Å². The number of hydrogen-bond acceptors (Lipinski definition) is 4. The second kappa shape index (κ2) is 9.41. The molecule has 6 aliphatic rings. The average molecular weight is 577 g/mol. The fraction of sp³-hybridized carbons (Fsp3) is 0.789. The maximum absolute atomic E-state index is 11.4. The van der Waals surface area contributed by atoms with Crippen molar-refractivity contribution >= 4 is 0 Å². The highest BCUT2D eigenvalue weighted by Crippen LogP contribution is 2.76. The summed E-state index contributed by atoms with van der Waals surface area (Å²) in [5.74, 6) is 1.73. The highest BCUT2D eigenvalue weighted by Gasteiger charge is 2.70. The van der Waals surface area contributed by atoms with Crippen molar-refractivity contribution in [2.75, 3.05) is 13.7 Å². The highest BCUT2D eigenvalue weighted by molar-refractivity contribution is 5.35. The average Bonchev–Trinajstić information content (AvgIpc) is 2.95. The van der Waals surface area contributed by atoms with E-state index in [0.717, 1.165) is 31.4 Å². The molecular weight excluding hydrogens is 520 g/mol. The van der Waals surface area contributed by atoms with Gasteiger partial charge in [-0.15, -0.1) is 0 Å². The summed E-state index contributed by atoms with van der Waals surface area (Å²) in [6, 6.07) is 10.5. The van der Waals surface area contributed by atoms with Crippen molar-refractivity contribution < 1.29 is 19.3 Å². The lowest BCUT2D eigenvalue weighted by Crippen LogP contribution is -2.68. The van der Waals surface area contributed by atoms with Gasteiger partial charge in [0.25, 0.3) is 0 Å². The van der Waals surface area contributed by atoms with Gasteiger partial charge in [-0.1, -0.05) is 90.4 Å². The Kier molecular flexibility index (Phi) is 6.61. The van der Waals surface area contributed by atoms with Crippen molar-refractivity contribution in [3.8, 4) is 0 Å². The summed E-state index contributed by atoms with van der Waals surface area (Å²) in [5.41, 5.74) is 3.43. The van der Waals surface area contributed by atoms with E-state index in [1.165, 1.54) is 32.1 Å². The van der Waals surface area contributed by atoms with Crippen LogP contribution in [0.25, 0.3) is 0 Å². The summed E-state index contributed by atoms with van der Waals surface area (Å²) >= 11 is 0. The summed E-state index contributed by atoms with van der Waals surface area (Å²) < 4.78 is 19.5.